The molecule has 4 rings (SSSR count). The number of benzene rings is 2. The first-order valence-electron chi connectivity index (χ1n) is 13.9. The lowest BCUT2D eigenvalue weighted by molar-refractivity contribution is -0.143. The van der Waals surface area contributed by atoms with Gasteiger partial charge < -0.3 is 20.6 Å². The molecule has 2 aliphatic rings. The Kier molecular flexibility index (Phi) is 10.3. The summed E-state index contributed by atoms with van der Waals surface area (Å²) in [5, 5.41) is 15.8. The Labute approximate surface area is 246 Å². The first-order valence-corrected chi connectivity index (χ1v) is 14.7. The molecule has 0 aliphatic carbocycles. The van der Waals surface area contributed by atoms with Crippen molar-refractivity contribution in [1.29, 1.82) is 0 Å². The minimum absolute atomic E-state index is 0.0960. The second-order valence-corrected chi connectivity index (χ2v) is 12.0. The number of carbonyl (C=O) groups is 3. The summed E-state index contributed by atoms with van der Waals surface area (Å²) in [6.07, 6.45) is 2.25. The van der Waals surface area contributed by atoms with Crippen LogP contribution in [0.1, 0.15) is 50.7 Å². The summed E-state index contributed by atoms with van der Waals surface area (Å²) >= 11 is 12.2. The maximum absolute atomic E-state index is 14.1. The van der Waals surface area contributed by atoms with Crippen LogP contribution in [0.5, 0.6) is 0 Å². The van der Waals surface area contributed by atoms with E-state index in [2.05, 4.69) is 27.7 Å². The number of nitrogens with zero attached hydrogens (tertiary/aromatic N) is 2. The molecular formula is C30H38Cl2N4O4. The first kappa shape index (κ1) is 30.2. The van der Waals surface area contributed by atoms with Crippen molar-refractivity contribution in [3.63, 3.8) is 0 Å². The highest BCUT2D eigenvalue weighted by Gasteiger charge is 2.46. The third-order valence-electron chi connectivity index (χ3n) is 7.84. The van der Waals surface area contributed by atoms with E-state index in [1.54, 1.807) is 17.0 Å². The highest BCUT2D eigenvalue weighted by atomic mass is 35.5. The molecule has 10 heteroatoms. The van der Waals surface area contributed by atoms with Gasteiger partial charge in [0.05, 0.1) is 16.1 Å². The summed E-state index contributed by atoms with van der Waals surface area (Å²) in [5.74, 6) is -0.125. The second-order valence-electron chi connectivity index (χ2n) is 11.2. The number of fused-ring (bicyclic) bond motifs is 1. The molecule has 0 saturated carbocycles. The van der Waals surface area contributed by atoms with Gasteiger partial charge in [0, 0.05) is 31.7 Å². The van der Waals surface area contributed by atoms with Crippen molar-refractivity contribution < 1.29 is 19.5 Å². The van der Waals surface area contributed by atoms with Gasteiger partial charge in [-0.15, -0.1) is 0 Å². The van der Waals surface area contributed by atoms with E-state index in [9.17, 15) is 19.5 Å². The smallest absolute Gasteiger partial charge is 0.404 e. The van der Waals surface area contributed by atoms with Crippen LogP contribution in [0.25, 0.3) is 0 Å². The van der Waals surface area contributed by atoms with Gasteiger partial charge >= 0.3 is 6.09 Å². The topological polar surface area (TPSA) is 102 Å². The molecule has 2 saturated heterocycles. The van der Waals surface area contributed by atoms with Crippen molar-refractivity contribution in [2.24, 2.45) is 5.92 Å². The predicted molar refractivity (Wildman–Crippen MR) is 156 cm³/mol. The molecule has 0 aromatic heterocycles. The van der Waals surface area contributed by atoms with E-state index in [0.29, 0.717) is 42.4 Å². The van der Waals surface area contributed by atoms with Crippen LogP contribution in [0.3, 0.4) is 0 Å². The minimum Gasteiger partial charge on any atom is -0.465 e. The SMILES string of the molecule is CC(C)CC(C(=O)NCc1ccc(Cl)c(Cl)c1)N1CCC(CCc2ccccc2)N2C[C@H](NC(=O)O)C[C@H]2C1=O. The monoisotopic (exact) mass is 588 g/mol. The average molecular weight is 590 g/mol. The number of halogens is 2. The average Bonchev–Trinajstić information content (AvgIpc) is 3.28. The number of hydrogen-bond donors (Lipinski definition) is 3. The van der Waals surface area contributed by atoms with Crippen molar-refractivity contribution in [3.05, 3.63) is 69.7 Å². The van der Waals surface area contributed by atoms with Crippen LogP contribution in [0.2, 0.25) is 10.0 Å². The Hall–Kier alpha value is -2.81. The Morgan fingerprint density at radius 2 is 1.82 bits per heavy atom. The zero-order valence-corrected chi connectivity index (χ0v) is 24.5. The van der Waals surface area contributed by atoms with Gasteiger partial charge in [-0.3, -0.25) is 14.5 Å². The van der Waals surface area contributed by atoms with Gasteiger partial charge in [-0.2, -0.15) is 0 Å². The molecule has 3 amide bonds. The largest absolute Gasteiger partial charge is 0.465 e. The second kappa shape index (κ2) is 13.7. The summed E-state index contributed by atoms with van der Waals surface area (Å²) in [5.41, 5.74) is 2.05. The zero-order chi connectivity index (χ0) is 28.8. The van der Waals surface area contributed by atoms with Crippen LogP contribution in [0.4, 0.5) is 4.79 Å². The maximum Gasteiger partial charge on any atom is 0.404 e. The van der Waals surface area contributed by atoms with Gasteiger partial charge in [0.2, 0.25) is 11.8 Å². The number of amides is 3. The zero-order valence-electron chi connectivity index (χ0n) is 23.0. The van der Waals surface area contributed by atoms with E-state index < -0.39 is 18.2 Å². The number of carbonyl (C=O) groups excluding carboxylic acids is 2. The van der Waals surface area contributed by atoms with E-state index >= 15 is 0 Å². The van der Waals surface area contributed by atoms with Crippen molar-refractivity contribution in [3.8, 4) is 0 Å². The van der Waals surface area contributed by atoms with Gasteiger partial charge in [0.15, 0.2) is 0 Å². The summed E-state index contributed by atoms with van der Waals surface area (Å²) in [6, 6.07) is 14.1. The van der Waals surface area contributed by atoms with E-state index in [1.165, 1.54) is 5.56 Å². The molecular weight excluding hydrogens is 551 g/mol. The Balaban J connectivity index is 1.53. The van der Waals surface area contributed by atoms with Gasteiger partial charge in [0.25, 0.3) is 0 Å². The maximum atomic E-state index is 14.1. The molecule has 40 heavy (non-hydrogen) atoms. The fraction of sp³-hybridized carbons (Fsp3) is 0.500. The number of nitrogens with one attached hydrogen (secondary N) is 2. The Morgan fingerprint density at radius 1 is 1.07 bits per heavy atom. The standard InChI is InChI=1S/C30H38Cl2N4O4/c1-19(2)14-26(28(37)33-17-21-9-11-24(31)25(32)15-21)35-13-12-23(10-8-20-6-4-3-5-7-20)36-18-22(34-30(39)40)16-27(36)29(35)38/h3-7,9,11,15,19,22-23,26-27,34H,8,10,12-14,16-18H2,1-2H3,(H,33,37)(H,39,40)/t22-,23?,26?,27+/m1/s1. The Morgan fingerprint density at radius 3 is 2.50 bits per heavy atom. The first-order chi connectivity index (χ1) is 19.1. The summed E-state index contributed by atoms with van der Waals surface area (Å²) in [7, 11) is 0. The molecule has 8 nitrogen and oxygen atoms in total. The normalized spacial score (nSPS) is 22.1. The van der Waals surface area contributed by atoms with E-state index in [-0.39, 0.29) is 36.4 Å². The van der Waals surface area contributed by atoms with E-state index in [1.807, 2.05) is 38.1 Å². The molecule has 0 spiro atoms. The highest BCUT2D eigenvalue weighted by Crippen LogP contribution is 2.31. The molecule has 0 radical (unpaired) electrons. The fourth-order valence-electron chi connectivity index (χ4n) is 5.92. The molecule has 2 fully saturated rings. The minimum atomic E-state index is -1.09. The van der Waals surface area contributed by atoms with Crippen molar-refractivity contribution >= 4 is 41.1 Å². The number of aryl methyl sites for hydroxylation is 1. The van der Waals surface area contributed by atoms with Crippen molar-refractivity contribution in [1.82, 2.24) is 20.4 Å². The van der Waals surface area contributed by atoms with E-state index in [0.717, 1.165) is 18.4 Å². The van der Waals surface area contributed by atoms with Gasteiger partial charge in [-0.25, -0.2) is 4.79 Å². The van der Waals surface area contributed by atoms with Crippen LogP contribution < -0.4 is 10.6 Å². The summed E-state index contributed by atoms with van der Waals surface area (Å²) < 4.78 is 0. The molecule has 4 atom stereocenters. The molecule has 2 aliphatic heterocycles. The van der Waals surface area contributed by atoms with Crippen molar-refractivity contribution in [2.45, 2.75) is 76.7 Å². The van der Waals surface area contributed by atoms with Gasteiger partial charge in [-0.05, 0) is 61.3 Å². The molecule has 2 aromatic carbocycles. The number of rotatable bonds is 10. The van der Waals surface area contributed by atoms with Crippen molar-refractivity contribution in [2.75, 3.05) is 13.1 Å². The molecule has 2 heterocycles. The summed E-state index contributed by atoms with van der Waals surface area (Å²) in [6.45, 7) is 5.30. The highest BCUT2D eigenvalue weighted by molar-refractivity contribution is 6.42. The number of hydrogen-bond acceptors (Lipinski definition) is 4. The molecule has 2 aromatic rings. The van der Waals surface area contributed by atoms with Crippen LogP contribution in [-0.4, -0.2) is 70.1 Å². The summed E-state index contributed by atoms with van der Waals surface area (Å²) in [4.78, 5) is 43.0. The van der Waals surface area contributed by atoms with Gasteiger partial charge in [-0.1, -0.05) is 73.4 Å². The van der Waals surface area contributed by atoms with E-state index in [4.69, 9.17) is 23.2 Å². The lowest BCUT2D eigenvalue weighted by Gasteiger charge is -2.33. The predicted octanol–water partition coefficient (Wildman–Crippen LogP) is 4.97. The molecule has 3 N–H and O–H groups in total. The van der Waals surface area contributed by atoms with Gasteiger partial charge in [0.1, 0.15) is 6.04 Å². The van der Waals surface area contributed by atoms with Crippen LogP contribution in [-0.2, 0) is 22.6 Å². The van der Waals surface area contributed by atoms with Crippen LogP contribution in [0, 0.1) is 5.92 Å². The number of carboxylic acid groups (broad SMARTS) is 1. The van der Waals surface area contributed by atoms with Crippen LogP contribution >= 0.6 is 23.2 Å². The Bertz CT molecular complexity index is 1200. The fourth-order valence-corrected chi connectivity index (χ4v) is 6.24. The third-order valence-corrected chi connectivity index (χ3v) is 8.58. The molecule has 216 valence electrons. The van der Waals surface area contributed by atoms with Crippen LogP contribution in [0.15, 0.2) is 48.5 Å². The molecule has 0 bridgehead atoms. The third kappa shape index (κ3) is 7.68. The molecule has 2 unspecified atom stereocenters. The lowest BCUT2D eigenvalue weighted by atomic mass is 9.99. The quantitative estimate of drug-likeness (QED) is 0.364. The lowest BCUT2D eigenvalue weighted by Crippen LogP contribution is -2.53.